The van der Waals surface area contributed by atoms with Gasteiger partial charge in [0, 0.05) is 38.1 Å². The number of benzene rings is 1. The Morgan fingerprint density at radius 3 is 2.20 bits per heavy atom. The number of carbonyl (C=O) groups is 1. The van der Waals surface area contributed by atoms with Crippen molar-refractivity contribution in [1.82, 2.24) is 14.6 Å². The van der Waals surface area contributed by atoms with Gasteiger partial charge in [-0.3, -0.25) is 23.7 Å². The highest BCUT2D eigenvalue weighted by Crippen LogP contribution is 2.45. The van der Waals surface area contributed by atoms with Crippen LogP contribution in [0.5, 0.6) is 5.75 Å². The smallest absolute Gasteiger partial charge is 0.413 e. The summed E-state index contributed by atoms with van der Waals surface area (Å²) >= 11 is 0. The molecule has 2 heterocycles. The van der Waals surface area contributed by atoms with E-state index in [-0.39, 0.29) is 37.5 Å². The molecule has 278 valence electrons. The molecule has 13 heteroatoms. The van der Waals surface area contributed by atoms with Crippen LogP contribution in [0.4, 0.5) is 4.39 Å². The molecule has 1 fully saturated rings. The summed E-state index contributed by atoms with van der Waals surface area (Å²) in [6.45, 7) is 1.89. The minimum absolute atomic E-state index is 0.0275. The summed E-state index contributed by atoms with van der Waals surface area (Å²) in [5.41, 5.74) is -1.26. The lowest BCUT2D eigenvalue weighted by molar-refractivity contribution is -0.119. The third-order valence-corrected chi connectivity index (χ3v) is 9.29. The first kappa shape index (κ1) is 41.5. The van der Waals surface area contributed by atoms with E-state index in [1.54, 1.807) is 0 Å². The number of halogens is 1. The first-order chi connectivity index (χ1) is 24.7. The molecule has 4 atom stereocenters. The number of aromatic nitrogens is 2. The predicted octanol–water partition coefficient (Wildman–Crippen LogP) is 7.39. The van der Waals surface area contributed by atoms with Crippen molar-refractivity contribution in [2.24, 2.45) is 0 Å². The van der Waals surface area contributed by atoms with E-state index in [0.29, 0.717) is 12.8 Å². The largest absolute Gasteiger partial charge is 0.458 e. The molecule has 0 radical (unpaired) electrons. The molecular weight excluding hydrogens is 676 g/mol. The van der Waals surface area contributed by atoms with Crippen LogP contribution in [0.25, 0.3) is 0 Å². The Hall–Kier alpha value is -3.93. The Balaban J connectivity index is 1.35. The Morgan fingerprint density at radius 1 is 0.961 bits per heavy atom. The fourth-order valence-electron chi connectivity index (χ4n) is 5.01. The van der Waals surface area contributed by atoms with E-state index < -0.39 is 43.2 Å². The number of rotatable bonds is 24. The summed E-state index contributed by atoms with van der Waals surface area (Å²) < 4.78 is 45.2. The first-order valence-corrected chi connectivity index (χ1v) is 19.1. The number of ether oxygens (including phenoxy) is 1. The van der Waals surface area contributed by atoms with Gasteiger partial charge in [-0.1, -0.05) is 67.7 Å². The van der Waals surface area contributed by atoms with Crippen molar-refractivity contribution in [3.05, 3.63) is 124 Å². The third kappa shape index (κ3) is 16.8. The van der Waals surface area contributed by atoms with Crippen LogP contribution in [0.15, 0.2) is 107 Å². The number of hydrogen-bond acceptors (Lipinski definition) is 8. The van der Waals surface area contributed by atoms with E-state index in [2.05, 4.69) is 77.8 Å². The Labute approximate surface area is 299 Å². The van der Waals surface area contributed by atoms with Crippen LogP contribution in [0.2, 0.25) is 0 Å². The maximum atomic E-state index is 13.7. The van der Waals surface area contributed by atoms with Gasteiger partial charge in [-0.05, 0) is 75.6 Å². The molecule has 2 aromatic rings. The number of H-pyrrole nitrogens is 1. The fourth-order valence-corrected chi connectivity index (χ4v) is 6.40. The number of hydrogen-bond donors (Lipinski definition) is 3. The van der Waals surface area contributed by atoms with Gasteiger partial charge in [0.2, 0.25) is 0 Å². The van der Waals surface area contributed by atoms with Gasteiger partial charge in [0.25, 0.3) is 5.56 Å². The second-order valence-corrected chi connectivity index (χ2v) is 13.7. The Kier molecular flexibility index (Phi) is 19.1. The zero-order valence-corrected chi connectivity index (χ0v) is 30.1. The average Bonchev–Trinajstić information content (AvgIpc) is 3.48. The molecular formula is C38H51FN3O8P. The SMILES string of the molecule is CC/C=C\C/C=C\C/C=C\C/C=C\C/C=C\CCCC(=O)CCCNP(=O)(OC[C@H]1O[C@@H](n2ccc(=O)[nH]c2=O)C[C@@H]1O)Oc1ccc(F)cc1. The van der Waals surface area contributed by atoms with E-state index >= 15 is 0 Å². The molecule has 1 aromatic heterocycles. The maximum absolute atomic E-state index is 13.7. The van der Waals surface area contributed by atoms with Crippen LogP contribution in [0, 0.1) is 5.82 Å². The van der Waals surface area contributed by atoms with Gasteiger partial charge in [0.15, 0.2) is 0 Å². The molecule has 11 nitrogen and oxygen atoms in total. The van der Waals surface area contributed by atoms with Crippen molar-refractivity contribution in [2.45, 2.75) is 96.0 Å². The van der Waals surface area contributed by atoms with Crippen LogP contribution in [0.3, 0.4) is 0 Å². The van der Waals surface area contributed by atoms with Crippen molar-refractivity contribution in [1.29, 1.82) is 0 Å². The number of aliphatic hydroxyl groups excluding tert-OH is 1. The van der Waals surface area contributed by atoms with E-state index in [9.17, 15) is 28.4 Å². The van der Waals surface area contributed by atoms with Crippen LogP contribution in [-0.2, 0) is 18.6 Å². The van der Waals surface area contributed by atoms with Gasteiger partial charge in [0.1, 0.15) is 29.7 Å². The second-order valence-electron chi connectivity index (χ2n) is 11.9. The fraction of sp³-hybridized carbons (Fsp3) is 0.447. The molecule has 1 saturated heterocycles. The van der Waals surface area contributed by atoms with E-state index in [1.165, 1.54) is 18.3 Å². The van der Waals surface area contributed by atoms with Gasteiger partial charge < -0.3 is 14.4 Å². The van der Waals surface area contributed by atoms with E-state index in [4.69, 9.17) is 13.8 Å². The first-order valence-electron chi connectivity index (χ1n) is 17.6. The molecule has 1 aliphatic heterocycles. The zero-order chi connectivity index (χ0) is 36.7. The van der Waals surface area contributed by atoms with E-state index in [1.807, 2.05) is 0 Å². The lowest BCUT2D eigenvalue weighted by atomic mass is 10.1. The minimum Gasteiger partial charge on any atom is -0.413 e. The quantitative estimate of drug-likeness (QED) is 0.0572. The van der Waals surface area contributed by atoms with Crippen molar-refractivity contribution in [3.63, 3.8) is 0 Å². The van der Waals surface area contributed by atoms with Crippen LogP contribution in [-0.4, -0.2) is 45.8 Å². The molecule has 0 amide bonds. The van der Waals surface area contributed by atoms with Crippen molar-refractivity contribution >= 4 is 13.5 Å². The summed E-state index contributed by atoms with van der Waals surface area (Å²) in [6.07, 6.45) is 27.2. The highest BCUT2D eigenvalue weighted by atomic mass is 31.2. The van der Waals surface area contributed by atoms with Gasteiger partial charge in [0.05, 0.1) is 12.7 Å². The number of nitrogens with zero attached hydrogens (tertiary/aromatic N) is 1. The molecule has 0 bridgehead atoms. The number of ketones is 1. The molecule has 51 heavy (non-hydrogen) atoms. The number of allylic oxidation sites excluding steroid dienone is 10. The highest BCUT2D eigenvalue weighted by Gasteiger charge is 2.38. The number of nitrogens with one attached hydrogen (secondary N) is 2. The number of aromatic amines is 1. The zero-order valence-electron chi connectivity index (χ0n) is 29.2. The molecule has 0 aliphatic carbocycles. The van der Waals surface area contributed by atoms with E-state index in [0.717, 1.165) is 67.7 Å². The summed E-state index contributed by atoms with van der Waals surface area (Å²) in [7, 11) is -4.07. The van der Waals surface area contributed by atoms with Gasteiger partial charge in [-0.2, -0.15) is 0 Å². The summed E-state index contributed by atoms with van der Waals surface area (Å²) in [4.78, 5) is 38.1. The molecule has 1 unspecified atom stereocenters. The topological polar surface area (TPSA) is 149 Å². The number of unbranched alkanes of at least 4 members (excludes halogenated alkanes) is 1. The Morgan fingerprint density at radius 2 is 1.57 bits per heavy atom. The van der Waals surface area contributed by atoms with Crippen molar-refractivity contribution < 1.29 is 32.6 Å². The average molecular weight is 728 g/mol. The van der Waals surface area contributed by atoms with Crippen LogP contribution >= 0.6 is 7.75 Å². The molecule has 0 spiro atoms. The standard InChI is InChI=1S/C38H51FN3O8P/c1-2-3-4-5-6-7-8-9-10-11-12-13-14-15-16-17-18-20-32(43)21-19-27-40-51(47,50-33-24-22-31(39)23-25-33)48-30-35-34(44)29-37(49-35)42-28-26-36(45)41-38(42)46/h3-4,6-7,9-10,12-13,15-16,22-26,28,34-35,37,44H,2,5,8,11,14,17-21,27,29-30H2,1H3,(H,40,47)(H,41,45,46)/b4-3-,7-6-,10-9-,13-12-,16-15-/t34-,35+,37+,51?/m0/s1. The van der Waals surface area contributed by atoms with Crippen molar-refractivity contribution in [3.8, 4) is 5.75 Å². The molecule has 0 saturated carbocycles. The molecule has 3 rings (SSSR count). The number of Topliss-reactive ketones (excluding diaryl/α,β-unsaturated/α-hetero) is 1. The summed E-state index contributed by atoms with van der Waals surface area (Å²) in [5, 5.41) is 13.3. The summed E-state index contributed by atoms with van der Waals surface area (Å²) in [6, 6.07) is 6.05. The predicted molar refractivity (Wildman–Crippen MR) is 197 cm³/mol. The maximum Gasteiger partial charge on any atom is 0.458 e. The minimum atomic E-state index is -4.07. The highest BCUT2D eigenvalue weighted by molar-refractivity contribution is 7.52. The summed E-state index contributed by atoms with van der Waals surface area (Å²) in [5.74, 6) is -0.328. The number of carbonyl (C=O) groups excluding carboxylic acids is 1. The van der Waals surface area contributed by atoms with Gasteiger partial charge in [-0.25, -0.2) is 18.8 Å². The lowest BCUT2D eigenvalue weighted by Gasteiger charge is -2.22. The van der Waals surface area contributed by atoms with Gasteiger partial charge in [-0.15, -0.1) is 0 Å². The normalized spacial score (nSPS) is 19.3. The second kappa shape index (κ2) is 23.5. The van der Waals surface area contributed by atoms with Crippen molar-refractivity contribution in [2.75, 3.05) is 13.2 Å². The molecule has 1 aliphatic rings. The number of aliphatic hydroxyl groups is 1. The van der Waals surface area contributed by atoms with Crippen LogP contribution < -0.4 is 20.9 Å². The molecule has 1 aromatic carbocycles. The third-order valence-electron chi connectivity index (χ3n) is 7.74. The monoisotopic (exact) mass is 727 g/mol. The molecule has 3 N–H and O–H groups in total. The van der Waals surface area contributed by atoms with Crippen LogP contribution in [0.1, 0.15) is 83.8 Å². The lowest BCUT2D eigenvalue weighted by Crippen LogP contribution is -2.32. The Bertz CT molecular complexity index is 1650. The van der Waals surface area contributed by atoms with Gasteiger partial charge >= 0.3 is 13.4 Å².